The van der Waals surface area contributed by atoms with Crippen molar-refractivity contribution in [1.82, 2.24) is 4.98 Å². The van der Waals surface area contributed by atoms with Crippen LogP contribution in [-0.4, -0.2) is 16.1 Å². The first-order chi connectivity index (χ1) is 9.06. The first-order valence-corrected chi connectivity index (χ1v) is 7.40. The molecule has 98 valence electrons. The molecule has 0 aliphatic heterocycles. The van der Waals surface area contributed by atoms with E-state index < -0.39 is 5.97 Å². The molecule has 0 saturated heterocycles. The molecule has 1 aromatic carbocycles. The van der Waals surface area contributed by atoms with Gasteiger partial charge >= 0.3 is 5.97 Å². The van der Waals surface area contributed by atoms with Crippen LogP contribution in [0.1, 0.15) is 21.5 Å². The maximum absolute atomic E-state index is 11.0. The topological polar surface area (TPSA) is 50.2 Å². The number of aromatic nitrogens is 1. The van der Waals surface area contributed by atoms with Crippen LogP contribution in [0.4, 0.5) is 0 Å². The fourth-order valence-electron chi connectivity index (χ4n) is 1.62. The van der Waals surface area contributed by atoms with E-state index in [0.29, 0.717) is 4.47 Å². The number of rotatable bonds is 4. The van der Waals surface area contributed by atoms with E-state index in [1.807, 2.05) is 25.4 Å². The van der Waals surface area contributed by atoms with E-state index in [0.717, 1.165) is 21.8 Å². The van der Waals surface area contributed by atoms with Gasteiger partial charge in [0.05, 0.1) is 5.56 Å². The quantitative estimate of drug-likeness (QED) is 0.851. The SMILES string of the molecule is Cc1cncc(CSc2ccc(Br)c(C(=O)O)c2)c1. The van der Waals surface area contributed by atoms with Gasteiger partial charge in [0, 0.05) is 27.5 Å². The van der Waals surface area contributed by atoms with Crippen LogP contribution in [0.25, 0.3) is 0 Å². The second-order valence-corrected chi connectivity index (χ2v) is 6.01. The zero-order valence-corrected chi connectivity index (χ0v) is 12.7. The number of thioether (sulfide) groups is 1. The summed E-state index contributed by atoms with van der Waals surface area (Å²) in [6, 6.07) is 7.43. The van der Waals surface area contributed by atoms with Gasteiger partial charge in [0.15, 0.2) is 0 Å². The third-order valence-corrected chi connectivity index (χ3v) is 4.26. The molecule has 0 fully saturated rings. The Morgan fingerprint density at radius 1 is 1.37 bits per heavy atom. The van der Waals surface area contributed by atoms with Crippen molar-refractivity contribution < 1.29 is 9.90 Å². The van der Waals surface area contributed by atoms with Gasteiger partial charge in [0.1, 0.15) is 0 Å². The van der Waals surface area contributed by atoms with Crippen LogP contribution in [-0.2, 0) is 5.75 Å². The summed E-state index contributed by atoms with van der Waals surface area (Å²) in [6.45, 7) is 2.00. The highest BCUT2D eigenvalue weighted by Gasteiger charge is 2.09. The number of benzene rings is 1. The standard InChI is InChI=1S/C14H12BrNO2S/c1-9-4-10(7-16-6-9)8-19-11-2-3-13(15)12(5-11)14(17)18/h2-7H,8H2,1H3,(H,17,18). The van der Waals surface area contributed by atoms with Crippen molar-refractivity contribution >= 4 is 33.7 Å². The summed E-state index contributed by atoms with van der Waals surface area (Å²) in [4.78, 5) is 16.1. The van der Waals surface area contributed by atoms with Crippen LogP contribution in [0.15, 0.2) is 46.0 Å². The lowest BCUT2D eigenvalue weighted by atomic mass is 10.2. The Kier molecular flexibility index (Phi) is 4.61. The lowest BCUT2D eigenvalue weighted by Crippen LogP contribution is -1.97. The average Bonchev–Trinajstić information content (AvgIpc) is 2.37. The summed E-state index contributed by atoms with van der Waals surface area (Å²) in [5, 5.41) is 9.06. The van der Waals surface area contributed by atoms with Gasteiger partial charge in [-0.1, -0.05) is 6.07 Å². The van der Waals surface area contributed by atoms with E-state index in [-0.39, 0.29) is 5.56 Å². The van der Waals surface area contributed by atoms with Crippen LogP contribution < -0.4 is 0 Å². The smallest absolute Gasteiger partial charge is 0.336 e. The molecule has 0 saturated carbocycles. The van der Waals surface area contributed by atoms with E-state index in [4.69, 9.17) is 5.11 Å². The summed E-state index contributed by atoms with van der Waals surface area (Å²) < 4.78 is 0.599. The highest BCUT2D eigenvalue weighted by Crippen LogP contribution is 2.27. The zero-order valence-electron chi connectivity index (χ0n) is 10.3. The Balaban J connectivity index is 2.12. The van der Waals surface area contributed by atoms with Crippen molar-refractivity contribution in [1.29, 1.82) is 0 Å². The minimum atomic E-state index is -0.924. The Hall–Kier alpha value is -1.33. The number of pyridine rings is 1. The minimum Gasteiger partial charge on any atom is -0.478 e. The van der Waals surface area contributed by atoms with Gasteiger partial charge in [-0.25, -0.2) is 4.79 Å². The lowest BCUT2D eigenvalue weighted by molar-refractivity contribution is 0.0695. The van der Waals surface area contributed by atoms with E-state index in [9.17, 15) is 4.79 Å². The van der Waals surface area contributed by atoms with Gasteiger partial charge in [-0.2, -0.15) is 0 Å². The summed E-state index contributed by atoms with van der Waals surface area (Å²) >= 11 is 4.83. The highest BCUT2D eigenvalue weighted by atomic mass is 79.9. The van der Waals surface area contributed by atoms with Gasteiger partial charge in [0.25, 0.3) is 0 Å². The van der Waals surface area contributed by atoms with E-state index in [1.165, 1.54) is 0 Å². The van der Waals surface area contributed by atoms with Crippen LogP contribution in [0.3, 0.4) is 0 Å². The molecule has 1 aromatic heterocycles. The Morgan fingerprint density at radius 2 is 2.16 bits per heavy atom. The van der Waals surface area contributed by atoms with Gasteiger partial charge in [-0.3, -0.25) is 4.98 Å². The van der Waals surface area contributed by atoms with Crippen molar-refractivity contribution in [3.05, 3.63) is 57.8 Å². The Labute approximate surface area is 124 Å². The number of carboxylic acid groups (broad SMARTS) is 1. The Bertz CT molecular complexity index is 616. The van der Waals surface area contributed by atoms with Crippen LogP contribution >= 0.6 is 27.7 Å². The summed E-state index contributed by atoms with van der Waals surface area (Å²) in [5.41, 5.74) is 2.54. The number of carboxylic acids is 1. The molecule has 3 nitrogen and oxygen atoms in total. The van der Waals surface area contributed by atoms with Gasteiger partial charge in [0.2, 0.25) is 0 Å². The molecule has 19 heavy (non-hydrogen) atoms. The van der Waals surface area contributed by atoms with Crippen LogP contribution in [0.5, 0.6) is 0 Å². The summed E-state index contributed by atoms with van der Waals surface area (Å²) in [5.74, 6) is -0.151. The number of hydrogen-bond donors (Lipinski definition) is 1. The molecule has 2 aromatic rings. The molecule has 0 atom stereocenters. The molecule has 1 N–H and O–H groups in total. The molecule has 0 amide bonds. The second-order valence-electron chi connectivity index (χ2n) is 4.11. The molecule has 0 radical (unpaired) electrons. The summed E-state index contributed by atoms with van der Waals surface area (Å²) in [7, 11) is 0. The number of carbonyl (C=O) groups is 1. The molecule has 0 aliphatic rings. The number of aryl methyl sites for hydroxylation is 1. The molecule has 0 bridgehead atoms. The largest absolute Gasteiger partial charge is 0.478 e. The third kappa shape index (κ3) is 3.81. The molecule has 2 rings (SSSR count). The van der Waals surface area contributed by atoms with E-state index in [2.05, 4.69) is 27.0 Å². The minimum absolute atomic E-state index is 0.285. The maximum Gasteiger partial charge on any atom is 0.336 e. The predicted molar refractivity (Wildman–Crippen MR) is 79.6 cm³/mol. The van der Waals surface area contributed by atoms with Crippen molar-refractivity contribution in [2.24, 2.45) is 0 Å². The van der Waals surface area contributed by atoms with Crippen LogP contribution in [0, 0.1) is 6.92 Å². The van der Waals surface area contributed by atoms with E-state index >= 15 is 0 Å². The van der Waals surface area contributed by atoms with Gasteiger partial charge < -0.3 is 5.11 Å². The fourth-order valence-corrected chi connectivity index (χ4v) is 2.89. The first-order valence-electron chi connectivity index (χ1n) is 5.62. The average molecular weight is 338 g/mol. The predicted octanol–water partition coefficient (Wildman–Crippen LogP) is 4.14. The lowest BCUT2D eigenvalue weighted by Gasteiger charge is -2.05. The number of nitrogens with zero attached hydrogens (tertiary/aromatic N) is 1. The fraction of sp³-hybridized carbons (Fsp3) is 0.143. The van der Waals surface area contributed by atoms with Crippen molar-refractivity contribution in [3.63, 3.8) is 0 Å². The number of halogens is 1. The van der Waals surface area contributed by atoms with E-state index in [1.54, 1.807) is 23.9 Å². The second kappa shape index (κ2) is 6.21. The zero-order chi connectivity index (χ0) is 13.8. The molecule has 0 unspecified atom stereocenters. The van der Waals surface area contributed by atoms with Gasteiger partial charge in [-0.05, 0) is 52.2 Å². The van der Waals surface area contributed by atoms with Crippen LogP contribution in [0.2, 0.25) is 0 Å². The molecule has 1 heterocycles. The maximum atomic E-state index is 11.0. The van der Waals surface area contributed by atoms with Crippen molar-refractivity contribution in [2.75, 3.05) is 0 Å². The first kappa shape index (κ1) is 14.1. The molecule has 0 spiro atoms. The van der Waals surface area contributed by atoms with Crippen molar-refractivity contribution in [2.45, 2.75) is 17.6 Å². The monoisotopic (exact) mass is 337 g/mol. The number of aromatic carboxylic acids is 1. The highest BCUT2D eigenvalue weighted by molar-refractivity contribution is 9.10. The summed E-state index contributed by atoms with van der Waals surface area (Å²) in [6.07, 6.45) is 3.65. The molecular weight excluding hydrogens is 326 g/mol. The number of hydrogen-bond acceptors (Lipinski definition) is 3. The third-order valence-electron chi connectivity index (χ3n) is 2.51. The van der Waals surface area contributed by atoms with Gasteiger partial charge in [-0.15, -0.1) is 11.8 Å². The molecule has 0 aliphatic carbocycles. The van der Waals surface area contributed by atoms with Crippen molar-refractivity contribution in [3.8, 4) is 0 Å². The molecule has 5 heteroatoms. The molecular formula is C14H12BrNO2S. The normalized spacial score (nSPS) is 10.4. The Morgan fingerprint density at radius 3 is 2.84 bits per heavy atom.